The molecule has 3 amide bonds. The van der Waals surface area contributed by atoms with E-state index in [1.54, 1.807) is 13.1 Å². The van der Waals surface area contributed by atoms with Crippen molar-refractivity contribution in [3.63, 3.8) is 0 Å². The lowest BCUT2D eigenvalue weighted by Crippen LogP contribution is -2.59. The summed E-state index contributed by atoms with van der Waals surface area (Å²) >= 11 is 0. The van der Waals surface area contributed by atoms with Gasteiger partial charge in [-0.3, -0.25) is 19.6 Å². The predicted octanol–water partition coefficient (Wildman–Crippen LogP) is -0.514. The molecule has 2 aliphatic heterocycles. The van der Waals surface area contributed by atoms with Gasteiger partial charge in [0, 0.05) is 20.3 Å². The smallest absolute Gasteiger partial charge is 0.331 e. The summed E-state index contributed by atoms with van der Waals surface area (Å²) in [5.74, 6) is -0.630. The summed E-state index contributed by atoms with van der Waals surface area (Å²) in [6, 6.07) is -0.410. The molecule has 2 rings (SSSR count). The van der Waals surface area contributed by atoms with Crippen LogP contribution in [0, 0.1) is 5.92 Å². The van der Waals surface area contributed by atoms with Gasteiger partial charge in [0.15, 0.2) is 0 Å². The summed E-state index contributed by atoms with van der Waals surface area (Å²) in [4.78, 5) is 34.5. The quantitative estimate of drug-likeness (QED) is 0.716. The molecule has 1 N–H and O–H groups in total. The maximum absolute atomic E-state index is 12.1. The zero-order chi connectivity index (χ0) is 13.3. The fourth-order valence-electron chi connectivity index (χ4n) is 1.94. The van der Waals surface area contributed by atoms with E-state index in [4.69, 9.17) is 5.11 Å². The molecular weight excluding hydrogens is 236 g/mol. The number of hydrogen-bond donors (Lipinski definition) is 1. The summed E-state index contributed by atoms with van der Waals surface area (Å²) < 4.78 is 0. The Bertz CT molecular complexity index is 481. The van der Waals surface area contributed by atoms with Crippen molar-refractivity contribution < 1.29 is 14.7 Å². The van der Waals surface area contributed by atoms with Gasteiger partial charge in [0.1, 0.15) is 11.8 Å². The number of fused-ring (bicyclic) bond motifs is 1. The van der Waals surface area contributed by atoms with Crippen molar-refractivity contribution in [2.45, 2.75) is 0 Å². The van der Waals surface area contributed by atoms with Gasteiger partial charge < -0.3 is 5.11 Å². The van der Waals surface area contributed by atoms with Gasteiger partial charge >= 0.3 is 6.03 Å². The van der Waals surface area contributed by atoms with E-state index in [1.807, 2.05) is 0 Å². The largest absolute Gasteiger partial charge is 0.394 e. The molecule has 1 fully saturated rings. The van der Waals surface area contributed by atoms with Gasteiger partial charge in [-0.2, -0.15) is 0 Å². The van der Waals surface area contributed by atoms with Gasteiger partial charge in [-0.05, 0) is 6.08 Å². The van der Waals surface area contributed by atoms with Gasteiger partial charge in [-0.1, -0.05) is 0 Å². The monoisotopic (exact) mass is 250 g/mol. The van der Waals surface area contributed by atoms with E-state index in [0.717, 1.165) is 4.90 Å². The maximum atomic E-state index is 12.1. The van der Waals surface area contributed by atoms with Crippen molar-refractivity contribution in [1.82, 2.24) is 9.80 Å². The Morgan fingerprint density at radius 2 is 2.11 bits per heavy atom. The van der Waals surface area contributed by atoms with Gasteiger partial charge in [0.2, 0.25) is 5.91 Å². The normalized spacial score (nSPS) is 25.6. The second kappa shape index (κ2) is 4.69. The van der Waals surface area contributed by atoms with Crippen LogP contribution in [0.1, 0.15) is 0 Å². The number of carbonyl (C=O) groups excluding carboxylic acids is 2. The van der Waals surface area contributed by atoms with Crippen LogP contribution >= 0.6 is 0 Å². The summed E-state index contributed by atoms with van der Waals surface area (Å²) in [6.45, 7) is 0.132. The topological polar surface area (TPSA) is 85.6 Å². The molecule has 0 radical (unpaired) electrons. The number of nitrogens with zero attached hydrogens (tertiary/aromatic N) is 4. The first-order valence-electron chi connectivity index (χ1n) is 5.52. The molecule has 7 heteroatoms. The summed E-state index contributed by atoms with van der Waals surface area (Å²) in [6.07, 6.45) is 3.13. The fraction of sp³-hybridized carbons (Fsp3) is 0.455. The summed E-state index contributed by atoms with van der Waals surface area (Å²) in [5, 5.41) is 8.78. The molecule has 2 aliphatic rings. The zero-order valence-electron chi connectivity index (χ0n) is 10.2. The van der Waals surface area contributed by atoms with Crippen molar-refractivity contribution in [3.05, 3.63) is 12.3 Å². The molecule has 0 bridgehead atoms. The number of carbonyl (C=O) groups is 2. The van der Waals surface area contributed by atoms with E-state index in [2.05, 4.69) is 9.98 Å². The molecule has 0 aliphatic carbocycles. The van der Waals surface area contributed by atoms with Crippen molar-refractivity contribution in [2.24, 2.45) is 15.9 Å². The Balaban J connectivity index is 2.40. The summed E-state index contributed by atoms with van der Waals surface area (Å²) in [7, 11) is 3.00. The number of imide groups is 1. The third-order valence-electron chi connectivity index (χ3n) is 2.90. The number of hydrogen-bond acceptors (Lipinski definition) is 5. The first-order chi connectivity index (χ1) is 8.57. The number of aliphatic imine (C=N–C) groups is 2. The number of amidine groups is 1. The Morgan fingerprint density at radius 3 is 2.78 bits per heavy atom. The lowest BCUT2D eigenvalue weighted by molar-refractivity contribution is -0.128. The molecule has 0 aromatic rings. The fourth-order valence-corrected chi connectivity index (χ4v) is 1.94. The second-order valence-electron chi connectivity index (χ2n) is 4.01. The minimum atomic E-state index is -0.658. The molecule has 2 heterocycles. The van der Waals surface area contributed by atoms with Crippen LogP contribution < -0.4 is 0 Å². The lowest BCUT2D eigenvalue weighted by Gasteiger charge is -2.36. The standard InChI is InChI=1S/C11H14N4O3/c1-14-9-8(10(17)15(2)11(14)18)7(3-4-13-9)12-5-6-16/h3-4,8,16H,5-6H2,1-2H3. The highest BCUT2D eigenvalue weighted by Crippen LogP contribution is 2.21. The number of aliphatic hydroxyl groups excluding tert-OH is 1. The van der Waals surface area contributed by atoms with E-state index in [0.29, 0.717) is 11.5 Å². The van der Waals surface area contributed by atoms with Crippen LogP contribution in [0.3, 0.4) is 0 Å². The Labute approximate surface area is 104 Å². The highest BCUT2D eigenvalue weighted by Gasteiger charge is 2.43. The van der Waals surface area contributed by atoms with Crippen LogP contribution in [0.2, 0.25) is 0 Å². The molecule has 1 atom stereocenters. The van der Waals surface area contributed by atoms with E-state index < -0.39 is 11.9 Å². The SMILES string of the molecule is CN1C(=O)C2C(=NCCO)C=CN=C2N(C)C1=O. The highest BCUT2D eigenvalue weighted by molar-refractivity contribution is 6.31. The van der Waals surface area contributed by atoms with Crippen LogP contribution in [0.4, 0.5) is 4.79 Å². The zero-order valence-corrected chi connectivity index (χ0v) is 10.2. The Kier molecular flexibility index (Phi) is 3.24. The van der Waals surface area contributed by atoms with Crippen molar-refractivity contribution in [3.8, 4) is 0 Å². The minimum absolute atomic E-state index is 0.0880. The predicted molar refractivity (Wildman–Crippen MR) is 65.4 cm³/mol. The lowest BCUT2D eigenvalue weighted by atomic mass is 9.95. The van der Waals surface area contributed by atoms with Gasteiger partial charge in [0.05, 0.1) is 18.9 Å². The van der Waals surface area contributed by atoms with Crippen LogP contribution in [-0.2, 0) is 4.79 Å². The van der Waals surface area contributed by atoms with E-state index in [-0.39, 0.29) is 19.1 Å². The van der Waals surface area contributed by atoms with Crippen LogP contribution in [0.15, 0.2) is 22.3 Å². The van der Waals surface area contributed by atoms with E-state index in [1.165, 1.54) is 18.1 Å². The van der Waals surface area contributed by atoms with Crippen molar-refractivity contribution >= 4 is 23.5 Å². The van der Waals surface area contributed by atoms with Gasteiger partial charge in [-0.15, -0.1) is 0 Å². The highest BCUT2D eigenvalue weighted by atomic mass is 16.3. The molecule has 0 aromatic carbocycles. The number of urea groups is 1. The molecule has 7 nitrogen and oxygen atoms in total. The molecule has 0 saturated carbocycles. The average molecular weight is 250 g/mol. The molecule has 0 aromatic heterocycles. The number of aliphatic hydroxyl groups is 1. The average Bonchev–Trinajstić information content (AvgIpc) is 2.40. The van der Waals surface area contributed by atoms with Crippen LogP contribution in [0.5, 0.6) is 0 Å². The van der Waals surface area contributed by atoms with Crippen molar-refractivity contribution in [1.29, 1.82) is 0 Å². The van der Waals surface area contributed by atoms with Gasteiger partial charge in [-0.25, -0.2) is 9.79 Å². The van der Waals surface area contributed by atoms with E-state index >= 15 is 0 Å². The maximum Gasteiger partial charge on any atom is 0.331 e. The number of amides is 3. The summed E-state index contributed by atoms with van der Waals surface area (Å²) in [5.41, 5.74) is 0.519. The molecule has 1 saturated heterocycles. The molecule has 0 spiro atoms. The third-order valence-corrected chi connectivity index (χ3v) is 2.90. The van der Waals surface area contributed by atoms with Crippen LogP contribution in [-0.4, -0.2) is 65.6 Å². The molecule has 1 unspecified atom stereocenters. The number of allylic oxidation sites excluding steroid dienone is 1. The molecule has 18 heavy (non-hydrogen) atoms. The van der Waals surface area contributed by atoms with E-state index in [9.17, 15) is 9.59 Å². The Hall–Kier alpha value is -2.02. The minimum Gasteiger partial charge on any atom is -0.394 e. The number of rotatable bonds is 2. The third kappa shape index (κ3) is 1.82. The van der Waals surface area contributed by atoms with Crippen molar-refractivity contribution in [2.75, 3.05) is 27.2 Å². The first-order valence-corrected chi connectivity index (χ1v) is 5.52. The van der Waals surface area contributed by atoms with Gasteiger partial charge in [0.25, 0.3) is 0 Å². The second-order valence-corrected chi connectivity index (χ2v) is 4.01. The van der Waals surface area contributed by atoms with Crippen LogP contribution in [0.25, 0.3) is 0 Å². The molecular formula is C11H14N4O3. The first kappa shape index (κ1) is 12.4. The Morgan fingerprint density at radius 1 is 1.39 bits per heavy atom. The molecule has 96 valence electrons.